The molecule has 1 aromatic carbocycles. The van der Waals surface area contributed by atoms with Gasteiger partial charge in [0.05, 0.1) is 18.8 Å². The highest BCUT2D eigenvalue weighted by molar-refractivity contribution is 5.94. The lowest BCUT2D eigenvalue weighted by molar-refractivity contribution is 0.303. The standard InChI is InChI=1S/C20H26N2O3/c1-2-6-17-15-19(25-22-17)7-4-3-5-13-23-18-10-8-16(9-11-18)20-21-12-14-24-20/h8-11,15H,2-7,12-14H2,1H3. The van der Waals surface area contributed by atoms with E-state index >= 15 is 0 Å². The molecule has 0 saturated heterocycles. The Hall–Kier alpha value is -2.30. The number of nitrogens with zero attached hydrogens (tertiary/aromatic N) is 2. The molecule has 0 spiro atoms. The lowest BCUT2D eigenvalue weighted by Gasteiger charge is -2.07. The Morgan fingerprint density at radius 1 is 1.08 bits per heavy atom. The van der Waals surface area contributed by atoms with Gasteiger partial charge in [-0.25, -0.2) is 4.99 Å². The summed E-state index contributed by atoms with van der Waals surface area (Å²) in [5.41, 5.74) is 2.08. The number of aliphatic imine (C=N–C) groups is 1. The van der Waals surface area contributed by atoms with Crippen molar-refractivity contribution in [2.24, 2.45) is 4.99 Å². The van der Waals surface area contributed by atoms with Crippen molar-refractivity contribution in [2.75, 3.05) is 19.8 Å². The second kappa shape index (κ2) is 9.25. The lowest BCUT2D eigenvalue weighted by Crippen LogP contribution is -2.01. The number of hydrogen-bond donors (Lipinski definition) is 0. The number of benzene rings is 1. The highest BCUT2D eigenvalue weighted by Crippen LogP contribution is 2.16. The summed E-state index contributed by atoms with van der Waals surface area (Å²) >= 11 is 0. The summed E-state index contributed by atoms with van der Waals surface area (Å²) < 4.78 is 16.6. The van der Waals surface area contributed by atoms with E-state index in [0.29, 0.717) is 6.61 Å². The van der Waals surface area contributed by atoms with Gasteiger partial charge in [-0.3, -0.25) is 0 Å². The fraction of sp³-hybridized carbons (Fsp3) is 0.500. The van der Waals surface area contributed by atoms with Crippen molar-refractivity contribution < 1.29 is 14.0 Å². The van der Waals surface area contributed by atoms with Crippen molar-refractivity contribution in [1.82, 2.24) is 5.16 Å². The Balaban J connectivity index is 1.30. The maximum atomic E-state index is 5.80. The van der Waals surface area contributed by atoms with Crippen molar-refractivity contribution in [3.8, 4) is 5.75 Å². The van der Waals surface area contributed by atoms with Gasteiger partial charge in [0, 0.05) is 18.1 Å². The molecule has 2 aromatic rings. The van der Waals surface area contributed by atoms with Crippen LogP contribution < -0.4 is 4.74 Å². The van der Waals surface area contributed by atoms with Gasteiger partial charge in [0.2, 0.25) is 5.90 Å². The van der Waals surface area contributed by atoms with Crippen LogP contribution in [-0.2, 0) is 17.6 Å². The van der Waals surface area contributed by atoms with Crippen molar-refractivity contribution >= 4 is 5.90 Å². The third-order valence-electron chi connectivity index (χ3n) is 4.14. The molecule has 3 rings (SSSR count). The Morgan fingerprint density at radius 3 is 2.72 bits per heavy atom. The molecule has 2 heterocycles. The van der Waals surface area contributed by atoms with E-state index in [1.165, 1.54) is 0 Å². The maximum absolute atomic E-state index is 5.80. The third-order valence-corrected chi connectivity index (χ3v) is 4.14. The van der Waals surface area contributed by atoms with Crippen LogP contribution >= 0.6 is 0 Å². The molecule has 25 heavy (non-hydrogen) atoms. The molecule has 0 saturated carbocycles. The van der Waals surface area contributed by atoms with Gasteiger partial charge in [-0.2, -0.15) is 0 Å². The van der Waals surface area contributed by atoms with E-state index in [1.807, 2.05) is 24.3 Å². The van der Waals surface area contributed by atoms with Gasteiger partial charge in [0.15, 0.2) is 0 Å². The molecule has 134 valence electrons. The zero-order chi connectivity index (χ0) is 17.3. The normalized spacial score (nSPS) is 13.6. The van der Waals surface area contributed by atoms with Crippen LogP contribution in [0.5, 0.6) is 5.75 Å². The first kappa shape index (κ1) is 17.5. The summed E-state index contributed by atoms with van der Waals surface area (Å²) in [5.74, 6) is 2.62. The third kappa shape index (κ3) is 5.34. The van der Waals surface area contributed by atoms with E-state index in [1.54, 1.807) is 0 Å². The first-order valence-corrected chi connectivity index (χ1v) is 9.20. The Kier molecular flexibility index (Phi) is 6.48. The van der Waals surface area contributed by atoms with Crippen LogP contribution in [0.1, 0.15) is 49.6 Å². The molecule has 0 amide bonds. The molecule has 0 bridgehead atoms. The van der Waals surface area contributed by atoms with E-state index in [0.717, 1.165) is 80.3 Å². The van der Waals surface area contributed by atoms with Gasteiger partial charge in [-0.05, 0) is 49.9 Å². The molecule has 1 aliphatic heterocycles. The van der Waals surface area contributed by atoms with Gasteiger partial charge < -0.3 is 14.0 Å². The SMILES string of the molecule is CCCc1cc(CCCCCOc2ccc(C3=NCCO3)cc2)on1. The summed E-state index contributed by atoms with van der Waals surface area (Å²) in [6.45, 7) is 4.32. The molecule has 0 unspecified atom stereocenters. The Bertz CT molecular complexity index is 677. The van der Waals surface area contributed by atoms with E-state index in [4.69, 9.17) is 14.0 Å². The average molecular weight is 342 g/mol. The van der Waals surface area contributed by atoms with Crippen LogP contribution in [0.3, 0.4) is 0 Å². The zero-order valence-corrected chi connectivity index (χ0v) is 14.9. The largest absolute Gasteiger partial charge is 0.494 e. The molecule has 0 radical (unpaired) electrons. The number of ether oxygens (including phenoxy) is 2. The molecule has 0 atom stereocenters. The second-order valence-corrected chi connectivity index (χ2v) is 6.25. The number of hydrogen-bond acceptors (Lipinski definition) is 5. The second-order valence-electron chi connectivity index (χ2n) is 6.25. The van der Waals surface area contributed by atoms with E-state index in [9.17, 15) is 0 Å². The van der Waals surface area contributed by atoms with E-state index in [-0.39, 0.29) is 0 Å². The highest BCUT2D eigenvalue weighted by atomic mass is 16.5. The molecule has 0 fully saturated rings. The molecular weight excluding hydrogens is 316 g/mol. The molecule has 1 aliphatic rings. The number of aromatic nitrogens is 1. The zero-order valence-electron chi connectivity index (χ0n) is 14.9. The smallest absolute Gasteiger partial charge is 0.216 e. The van der Waals surface area contributed by atoms with Crippen LogP contribution in [0.2, 0.25) is 0 Å². The molecule has 1 aromatic heterocycles. The summed E-state index contributed by atoms with van der Waals surface area (Å²) in [5, 5.41) is 4.08. The van der Waals surface area contributed by atoms with Gasteiger partial charge in [0.1, 0.15) is 18.1 Å². The summed E-state index contributed by atoms with van der Waals surface area (Å²) in [7, 11) is 0. The topological polar surface area (TPSA) is 56.9 Å². The van der Waals surface area contributed by atoms with Gasteiger partial charge in [-0.15, -0.1) is 0 Å². The number of unbranched alkanes of at least 4 members (excludes halogenated alkanes) is 2. The van der Waals surface area contributed by atoms with Crippen LogP contribution in [-0.4, -0.2) is 30.8 Å². The quantitative estimate of drug-likeness (QED) is 0.607. The number of aryl methyl sites for hydroxylation is 2. The molecule has 0 N–H and O–H groups in total. The lowest BCUT2D eigenvalue weighted by atomic mass is 10.1. The van der Waals surface area contributed by atoms with Crippen molar-refractivity contribution in [3.05, 3.63) is 47.3 Å². The fourth-order valence-corrected chi connectivity index (χ4v) is 2.82. The van der Waals surface area contributed by atoms with Gasteiger partial charge in [-0.1, -0.05) is 18.5 Å². The summed E-state index contributed by atoms with van der Waals surface area (Å²) in [6.07, 6.45) is 6.30. The monoisotopic (exact) mass is 342 g/mol. The Morgan fingerprint density at radius 2 is 1.96 bits per heavy atom. The average Bonchev–Trinajstić information content (AvgIpc) is 3.31. The maximum Gasteiger partial charge on any atom is 0.216 e. The van der Waals surface area contributed by atoms with E-state index in [2.05, 4.69) is 23.1 Å². The molecule has 0 aliphatic carbocycles. The molecular formula is C20H26N2O3. The van der Waals surface area contributed by atoms with Gasteiger partial charge >= 0.3 is 0 Å². The molecule has 5 heteroatoms. The van der Waals surface area contributed by atoms with E-state index < -0.39 is 0 Å². The number of rotatable bonds is 10. The van der Waals surface area contributed by atoms with Crippen LogP contribution in [0, 0.1) is 0 Å². The minimum Gasteiger partial charge on any atom is -0.494 e. The van der Waals surface area contributed by atoms with Crippen molar-refractivity contribution in [2.45, 2.75) is 45.4 Å². The summed E-state index contributed by atoms with van der Waals surface area (Å²) in [6, 6.07) is 10.0. The summed E-state index contributed by atoms with van der Waals surface area (Å²) in [4.78, 5) is 4.31. The van der Waals surface area contributed by atoms with Crippen LogP contribution in [0.15, 0.2) is 39.8 Å². The molecule has 5 nitrogen and oxygen atoms in total. The van der Waals surface area contributed by atoms with Crippen LogP contribution in [0.4, 0.5) is 0 Å². The first-order valence-electron chi connectivity index (χ1n) is 9.20. The van der Waals surface area contributed by atoms with Gasteiger partial charge in [0.25, 0.3) is 0 Å². The highest BCUT2D eigenvalue weighted by Gasteiger charge is 2.09. The predicted molar refractivity (Wildman–Crippen MR) is 97.3 cm³/mol. The minimum absolute atomic E-state index is 0.682. The predicted octanol–water partition coefficient (Wildman–Crippen LogP) is 4.20. The first-order chi connectivity index (χ1) is 12.3. The van der Waals surface area contributed by atoms with Crippen molar-refractivity contribution in [3.63, 3.8) is 0 Å². The van der Waals surface area contributed by atoms with Crippen molar-refractivity contribution in [1.29, 1.82) is 0 Å². The van der Waals surface area contributed by atoms with Crippen LogP contribution in [0.25, 0.3) is 0 Å². The minimum atomic E-state index is 0.682. The Labute approximate surface area is 149 Å². The fourth-order valence-electron chi connectivity index (χ4n) is 2.82.